The van der Waals surface area contributed by atoms with Gasteiger partial charge in [-0.05, 0) is 41.0 Å². The Bertz CT molecular complexity index is 702. The molecule has 2 aromatic rings. The van der Waals surface area contributed by atoms with Gasteiger partial charge in [-0.15, -0.1) is 5.10 Å². The average molecular weight is 338 g/mol. The summed E-state index contributed by atoms with van der Waals surface area (Å²) < 4.78 is 1.31. The van der Waals surface area contributed by atoms with Gasteiger partial charge in [-0.3, -0.25) is 4.79 Å². The number of rotatable bonds is 6. The van der Waals surface area contributed by atoms with Crippen molar-refractivity contribution in [1.29, 1.82) is 0 Å². The monoisotopic (exact) mass is 337 g/mol. The van der Waals surface area contributed by atoms with Gasteiger partial charge in [-0.25, -0.2) is 4.79 Å². The maximum Gasteiger partial charge on any atom is 0.326 e. The van der Waals surface area contributed by atoms with Crippen molar-refractivity contribution in [2.75, 3.05) is 0 Å². The van der Waals surface area contributed by atoms with Crippen LogP contribution in [0.2, 0.25) is 5.02 Å². The summed E-state index contributed by atoms with van der Waals surface area (Å²) in [5.41, 5.74) is 0.602. The minimum absolute atomic E-state index is 0.120. The zero-order chi connectivity index (χ0) is 17.0. The second-order valence-corrected chi connectivity index (χ2v) is 5.85. The number of carbonyl (C=O) groups excluding carboxylic acids is 1. The van der Waals surface area contributed by atoms with Gasteiger partial charge >= 0.3 is 5.97 Å². The number of amides is 1. The lowest BCUT2D eigenvalue weighted by atomic mass is 10.0. The van der Waals surface area contributed by atoms with Gasteiger partial charge in [-0.2, -0.15) is 4.68 Å². The van der Waals surface area contributed by atoms with E-state index in [-0.39, 0.29) is 11.5 Å². The number of carbonyl (C=O) groups is 2. The number of hydrogen-bond acceptors (Lipinski definition) is 5. The van der Waals surface area contributed by atoms with Crippen molar-refractivity contribution in [2.24, 2.45) is 5.92 Å². The highest BCUT2D eigenvalue weighted by Gasteiger charge is 2.23. The molecule has 23 heavy (non-hydrogen) atoms. The van der Waals surface area contributed by atoms with Gasteiger partial charge in [0.1, 0.15) is 12.4 Å². The number of carboxylic acid groups (broad SMARTS) is 1. The summed E-state index contributed by atoms with van der Waals surface area (Å²) in [5.74, 6) is -1.51. The molecule has 0 bridgehead atoms. The van der Waals surface area contributed by atoms with Crippen molar-refractivity contribution >= 4 is 23.5 Å². The molecule has 0 aliphatic heterocycles. The van der Waals surface area contributed by atoms with Crippen molar-refractivity contribution in [1.82, 2.24) is 25.5 Å². The smallest absolute Gasteiger partial charge is 0.326 e. The van der Waals surface area contributed by atoms with E-state index in [1.54, 1.807) is 12.1 Å². The van der Waals surface area contributed by atoms with Gasteiger partial charge < -0.3 is 10.4 Å². The average Bonchev–Trinajstić information content (AvgIpc) is 2.99. The van der Waals surface area contributed by atoms with E-state index in [2.05, 4.69) is 20.8 Å². The molecule has 0 saturated carbocycles. The van der Waals surface area contributed by atoms with Crippen molar-refractivity contribution in [3.05, 3.63) is 35.1 Å². The molecule has 0 aliphatic carbocycles. The Kier molecular flexibility index (Phi) is 5.28. The highest BCUT2D eigenvalue weighted by atomic mass is 35.5. The standard InChI is InChI=1S/C14H16ClN5O3/c1-8(2)5-11(14(22)23)17-13(21)10-6-9(15)3-4-12(10)20-7-16-18-19-20/h3-4,6-8,11H,5H2,1-2H3,(H,17,21)(H,22,23)/t11-/m1/s1. The number of nitrogens with one attached hydrogen (secondary N) is 1. The van der Waals surface area contributed by atoms with Gasteiger partial charge in [0.05, 0.1) is 11.3 Å². The van der Waals surface area contributed by atoms with E-state index in [4.69, 9.17) is 11.6 Å². The first-order valence-electron chi connectivity index (χ1n) is 6.95. The van der Waals surface area contributed by atoms with Crippen LogP contribution in [0.1, 0.15) is 30.6 Å². The molecular weight excluding hydrogens is 322 g/mol. The number of halogens is 1. The molecule has 8 nitrogen and oxygen atoms in total. The third-order valence-electron chi connectivity index (χ3n) is 3.11. The Balaban J connectivity index is 2.31. The molecule has 2 N–H and O–H groups in total. The molecular formula is C14H16ClN5O3. The Labute approximate surface area is 137 Å². The maximum atomic E-state index is 12.5. The highest BCUT2D eigenvalue weighted by molar-refractivity contribution is 6.31. The van der Waals surface area contributed by atoms with Crippen molar-refractivity contribution in [2.45, 2.75) is 26.3 Å². The van der Waals surface area contributed by atoms with Crippen LogP contribution in [0.5, 0.6) is 0 Å². The number of aliphatic carboxylic acids is 1. The Morgan fingerprint density at radius 2 is 2.13 bits per heavy atom. The number of benzene rings is 1. The number of aromatic nitrogens is 4. The second kappa shape index (κ2) is 7.19. The molecule has 1 heterocycles. The van der Waals surface area contributed by atoms with Crippen LogP contribution >= 0.6 is 11.6 Å². The second-order valence-electron chi connectivity index (χ2n) is 5.41. The lowest BCUT2D eigenvalue weighted by Crippen LogP contribution is -2.42. The fraction of sp³-hybridized carbons (Fsp3) is 0.357. The van der Waals surface area contributed by atoms with Crippen molar-refractivity contribution in [3.63, 3.8) is 0 Å². The summed E-state index contributed by atoms with van der Waals surface area (Å²) in [6, 6.07) is 3.65. The van der Waals surface area contributed by atoms with Gasteiger partial charge in [0.2, 0.25) is 0 Å². The van der Waals surface area contributed by atoms with Crippen LogP contribution in [0.15, 0.2) is 24.5 Å². The van der Waals surface area contributed by atoms with Gasteiger partial charge in [-0.1, -0.05) is 25.4 Å². The summed E-state index contributed by atoms with van der Waals surface area (Å²) in [7, 11) is 0. The molecule has 1 aromatic heterocycles. The first-order chi connectivity index (χ1) is 10.9. The summed E-state index contributed by atoms with van der Waals surface area (Å²) in [6.07, 6.45) is 1.66. The number of hydrogen-bond donors (Lipinski definition) is 2. The van der Waals surface area contributed by atoms with E-state index in [1.807, 2.05) is 13.8 Å². The minimum Gasteiger partial charge on any atom is -0.480 e. The number of nitrogens with zero attached hydrogens (tertiary/aromatic N) is 4. The topological polar surface area (TPSA) is 110 Å². The Hall–Kier alpha value is -2.48. The van der Waals surface area contributed by atoms with E-state index in [0.29, 0.717) is 17.1 Å². The molecule has 0 aliphatic rings. The first kappa shape index (κ1) is 16.9. The third kappa shape index (κ3) is 4.26. The molecule has 2 rings (SSSR count). The largest absolute Gasteiger partial charge is 0.480 e. The molecule has 9 heteroatoms. The zero-order valence-corrected chi connectivity index (χ0v) is 13.4. The first-order valence-corrected chi connectivity index (χ1v) is 7.33. The zero-order valence-electron chi connectivity index (χ0n) is 12.6. The minimum atomic E-state index is -1.09. The van der Waals surface area contributed by atoms with Crippen molar-refractivity contribution < 1.29 is 14.7 Å². The Morgan fingerprint density at radius 1 is 1.39 bits per heavy atom. The van der Waals surface area contributed by atoms with Crippen LogP contribution in [0.4, 0.5) is 0 Å². The molecule has 0 saturated heterocycles. The Morgan fingerprint density at radius 3 is 2.70 bits per heavy atom. The highest BCUT2D eigenvalue weighted by Crippen LogP contribution is 2.19. The van der Waals surface area contributed by atoms with Crippen LogP contribution in [0.3, 0.4) is 0 Å². The SMILES string of the molecule is CC(C)C[C@@H](NC(=O)c1cc(Cl)ccc1-n1cnnn1)C(=O)O. The number of carboxylic acids is 1. The molecule has 0 radical (unpaired) electrons. The van der Waals surface area contributed by atoms with Crippen LogP contribution in [-0.4, -0.2) is 43.2 Å². The van der Waals surface area contributed by atoms with E-state index in [1.165, 1.54) is 17.1 Å². The summed E-state index contributed by atoms with van der Waals surface area (Å²) in [6.45, 7) is 3.77. The molecule has 1 aromatic carbocycles. The maximum absolute atomic E-state index is 12.5. The van der Waals surface area contributed by atoms with E-state index in [0.717, 1.165) is 0 Å². The fourth-order valence-electron chi connectivity index (χ4n) is 2.09. The number of tetrazole rings is 1. The fourth-order valence-corrected chi connectivity index (χ4v) is 2.26. The summed E-state index contributed by atoms with van der Waals surface area (Å²) in [5, 5.41) is 22.9. The third-order valence-corrected chi connectivity index (χ3v) is 3.34. The molecule has 1 amide bonds. The molecule has 0 spiro atoms. The van der Waals surface area contributed by atoms with E-state index in [9.17, 15) is 14.7 Å². The van der Waals surface area contributed by atoms with Crippen LogP contribution in [0.25, 0.3) is 5.69 Å². The summed E-state index contributed by atoms with van der Waals surface area (Å²) in [4.78, 5) is 23.8. The lowest BCUT2D eigenvalue weighted by molar-refractivity contribution is -0.139. The molecule has 122 valence electrons. The molecule has 0 fully saturated rings. The van der Waals surface area contributed by atoms with Gasteiger partial charge in [0.25, 0.3) is 5.91 Å². The van der Waals surface area contributed by atoms with Crippen LogP contribution < -0.4 is 5.32 Å². The van der Waals surface area contributed by atoms with E-state index >= 15 is 0 Å². The van der Waals surface area contributed by atoms with Gasteiger partial charge in [0.15, 0.2) is 0 Å². The predicted molar refractivity (Wildman–Crippen MR) is 82.5 cm³/mol. The van der Waals surface area contributed by atoms with Crippen LogP contribution in [-0.2, 0) is 4.79 Å². The summed E-state index contributed by atoms with van der Waals surface area (Å²) >= 11 is 5.95. The van der Waals surface area contributed by atoms with E-state index < -0.39 is 17.9 Å². The predicted octanol–water partition coefficient (Wildman–Crippen LogP) is 1.54. The van der Waals surface area contributed by atoms with Crippen LogP contribution in [0, 0.1) is 5.92 Å². The van der Waals surface area contributed by atoms with Gasteiger partial charge in [0, 0.05) is 5.02 Å². The van der Waals surface area contributed by atoms with Crippen molar-refractivity contribution in [3.8, 4) is 5.69 Å². The quantitative estimate of drug-likeness (QED) is 0.827. The molecule has 1 atom stereocenters. The molecule has 0 unspecified atom stereocenters. The lowest BCUT2D eigenvalue weighted by Gasteiger charge is -2.17. The normalized spacial score (nSPS) is 12.2.